The van der Waals surface area contributed by atoms with E-state index in [1.165, 1.54) is 6.92 Å². The van der Waals surface area contributed by atoms with E-state index in [0.29, 0.717) is 12.2 Å². The van der Waals surface area contributed by atoms with Crippen LogP contribution in [-0.4, -0.2) is 18.2 Å². The SMILES string of the molecule is CCCC=C(CC)NC(=O)C(OC(C)=O)Oc1ccccc1. The molecule has 1 unspecified atom stereocenters. The van der Waals surface area contributed by atoms with Gasteiger partial charge in [-0.05, 0) is 25.0 Å². The first kappa shape index (κ1) is 17.8. The van der Waals surface area contributed by atoms with Gasteiger partial charge in [-0.15, -0.1) is 0 Å². The molecule has 0 aliphatic rings. The zero-order chi connectivity index (χ0) is 16.4. The Morgan fingerprint density at radius 2 is 1.91 bits per heavy atom. The number of benzene rings is 1. The van der Waals surface area contributed by atoms with Crippen LogP contribution < -0.4 is 10.1 Å². The average Bonchev–Trinajstić information content (AvgIpc) is 2.51. The highest BCUT2D eigenvalue weighted by molar-refractivity contribution is 5.83. The van der Waals surface area contributed by atoms with Crippen LogP contribution in [0.1, 0.15) is 40.0 Å². The Hall–Kier alpha value is -2.30. The van der Waals surface area contributed by atoms with Gasteiger partial charge in [0.25, 0.3) is 0 Å². The summed E-state index contributed by atoms with van der Waals surface area (Å²) >= 11 is 0. The van der Waals surface area contributed by atoms with Crippen molar-refractivity contribution in [2.75, 3.05) is 0 Å². The van der Waals surface area contributed by atoms with E-state index in [1.54, 1.807) is 24.3 Å². The lowest BCUT2D eigenvalue weighted by Crippen LogP contribution is -2.40. The molecule has 1 rings (SSSR count). The molecule has 0 spiro atoms. The molecule has 0 aliphatic carbocycles. The fourth-order valence-corrected chi connectivity index (χ4v) is 1.72. The van der Waals surface area contributed by atoms with Crippen LogP contribution in [0.5, 0.6) is 5.75 Å². The van der Waals surface area contributed by atoms with E-state index in [4.69, 9.17) is 9.47 Å². The summed E-state index contributed by atoms with van der Waals surface area (Å²) in [6, 6.07) is 8.76. The quantitative estimate of drug-likeness (QED) is 0.592. The maximum absolute atomic E-state index is 12.3. The third-order valence-electron chi connectivity index (χ3n) is 2.82. The van der Waals surface area contributed by atoms with Gasteiger partial charge in [0.2, 0.25) is 0 Å². The molecule has 1 amide bonds. The number of rotatable bonds is 8. The predicted octanol–water partition coefficient (Wildman–Crippen LogP) is 3.16. The molecule has 0 bridgehead atoms. The molecule has 1 aromatic rings. The Bertz CT molecular complexity index is 511. The van der Waals surface area contributed by atoms with Crippen molar-refractivity contribution in [3.05, 3.63) is 42.1 Å². The summed E-state index contributed by atoms with van der Waals surface area (Å²) in [5.41, 5.74) is 0.792. The van der Waals surface area contributed by atoms with Crippen molar-refractivity contribution in [1.82, 2.24) is 5.32 Å². The minimum Gasteiger partial charge on any atom is -0.446 e. The fraction of sp³-hybridized carbons (Fsp3) is 0.412. The second kappa shape index (κ2) is 9.60. The highest BCUT2D eigenvalue weighted by Crippen LogP contribution is 2.12. The van der Waals surface area contributed by atoms with Gasteiger partial charge < -0.3 is 14.8 Å². The Morgan fingerprint density at radius 1 is 1.23 bits per heavy atom. The maximum atomic E-state index is 12.3. The minimum atomic E-state index is -1.31. The molecule has 0 radical (unpaired) electrons. The first-order chi connectivity index (χ1) is 10.6. The van der Waals surface area contributed by atoms with Crippen molar-refractivity contribution in [3.63, 3.8) is 0 Å². The largest absolute Gasteiger partial charge is 0.446 e. The molecule has 22 heavy (non-hydrogen) atoms. The molecular formula is C17H23NO4. The van der Waals surface area contributed by atoms with Gasteiger partial charge in [-0.25, -0.2) is 0 Å². The van der Waals surface area contributed by atoms with Crippen LogP contribution >= 0.6 is 0 Å². The number of hydrogen-bond acceptors (Lipinski definition) is 4. The normalized spacial score (nSPS) is 12.4. The molecule has 0 saturated carbocycles. The molecule has 1 atom stereocenters. The molecule has 0 fully saturated rings. The number of allylic oxidation sites excluding steroid dienone is 2. The van der Waals surface area contributed by atoms with E-state index >= 15 is 0 Å². The van der Waals surface area contributed by atoms with Crippen LogP contribution in [0.25, 0.3) is 0 Å². The van der Waals surface area contributed by atoms with Gasteiger partial charge in [-0.3, -0.25) is 9.59 Å². The van der Waals surface area contributed by atoms with E-state index in [9.17, 15) is 9.59 Å². The number of unbranched alkanes of at least 4 members (excludes halogenated alkanes) is 1. The standard InChI is InChI=1S/C17H23NO4/c1-4-6-10-14(5-2)18-16(20)17(21-13(3)19)22-15-11-8-7-9-12-15/h7-12,17H,4-6H2,1-3H3,(H,18,20). The second-order valence-electron chi connectivity index (χ2n) is 4.73. The van der Waals surface area contributed by atoms with Crippen LogP contribution in [0.15, 0.2) is 42.1 Å². The number of carbonyl (C=O) groups is 2. The summed E-state index contributed by atoms with van der Waals surface area (Å²) in [6.45, 7) is 5.24. The summed E-state index contributed by atoms with van der Waals surface area (Å²) in [6.07, 6.45) is 3.21. The number of para-hydroxylation sites is 1. The predicted molar refractivity (Wildman–Crippen MR) is 84.0 cm³/mol. The number of amides is 1. The highest BCUT2D eigenvalue weighted by Gasteiger charge is 2.24. The topological polar surface area (TPSA) is 64.6 Å². The Morgan fingerprint density at radius 3 is 2.45 bits per heavy atom. The molecule has 0 saturated heterocycles. The van der Waals surface area contributed by atoms with E-state index in [1.807, 2.05) is 19.1 Å². The fourth-order valence-electron chi connectivity index (χ4n) is 1.72. The van der Waals surface area contributed by atoms with Crippen LogP contribution in [0.4, 0.5) is 0 Å². The number of carbonyl (C=O) groups excluding carboxylic acids is 2. The zero-order valence-corrected chi connectivity index (χ0v) is 13.3. The molecular weight excluding hydrogens is 282 g/mol. The molecule has 5 heteroatoms. The molecule has 0 aromatic heterocycles. The van der Waals surface area contributed by atoms with Gasteiger partial charge in [0, 0.05) is 12.6 Å². The monoisotopic (exact) mass is 305 g/mol. The van der Waals surface area contributed by atoms with Crippen molar-refractivity contribution in [2.24, 2.45) is 0 Å². The number of esters is 1. The summed E-state index contributed by atoms with van der Waals surface area (Å²) in [7, 11) is 0. The Kier molecular flexibility index (Phi) is 7.75. The van der Waals surface area contributed by atoms with E-state index < -0.39 is 18.2 Å². The summed E-state index contributed by atoms with van der Waals surface area (Å²) < 4.78 is 10.4. The number of hydrogen-bond donors (Lipinski definition) is 1. The van der Waals surface area contributed by atoms with Gasteiger partial charge >= 0.3 is 18.2 Å². The minimum absolute atomic E-state index is 0.458. The maximum Gasteiger partial charge on any atom is 0.324 e. The average molecular weight is 305 g/mol. The van der Waals surface area contributed by atoms with Gasteiger partial charge in [-0.2, -0.15) is 0 Å². The molecule has 5 nitrogen and oxygen atoms in total. The van der Waals surface area contributed by atoms with Crippen LogP contribution in [0, 0.1) is 0 Å². The van der Waals surface area contributed by atoms with Crippen molar-refractivity contribution >= 4 is 11.9 Å². The van der Waals surface area contributed by atoms with Gasteiger partial charge in [0.05, 0.1) is 0 Å². The number of ether oxygens (including phenoxy) is 2. The molecule has 1 N–H and O–H groups in total. The van der Waals surface area contributed by atoms with Gasteiger partial charge in [0.15, 0.2) is 0 Å². The first-order valence-electron chi connectivity index (χ1n) is 7.45. The van der Waals surface area contributed by atoms with E-state index in [2.05, 4.69) is 12.2 Å². The third kappa shape index (κ3) is 6.43. The lowest BCUT2D eigenvalue weighted by atomic mass is 10.2. The van der Waals surface area contributed by atoms with E-state index in [0.717, 1.165) is 18.5 Å². The first-order valence-corrected chi connectivity index (χ1v) is 7.45. The van der Waals surface area contributed by atoms with Crippen LogP contribution in [0.2, 0.25) is 0 Å². The zero-order valence-electron chi connectivity index (χ0n) is 13.3. The summed E-state index contributed by atoms with van der Waals surface area (Å²) in [5.74, 6) is -0.616. The van der Waals surface area contributed by atoms with Crippen molar-refractivity contribution in [2.45, 2.75) is 46.3 Å². The lowest BCUT2D eigenvalue weighted by molar-refractivity contribution is -0.170. The third-order valence-corrected chi connectivity index (χ3v) is 2.82. The van der Waals surface area contributed by atoms with Gasteiger partial charge in [-0.1, -0.05) is 44.5 Å². The van der Waals surface area contributed by atoms with Crippen molar-refractivity contribution in [1.29, 1.82) is 0 Å². The summed E-state index contributed by atoms with van der Waals surface area (Å²) in [5, 5.41) is 2.75. The van der Waals surface area contributed by atoms with Crippen molar-refractivity contribution in [3.8, 4) is 5.75 Å². The molecule has 0 heterocycles. The van der Waals surface area contributed by atoms with Crippen molar-refractivity contribution < 1.29 is 19.1 Å². The van der Waals surface area contributed by atoms with E-state index in [-0.39, 0.29) is 0 Å². The Labute approximate surface area is 131 Å². The molecule has 0 aliphatic heterocycles. The summed E-state index contributed by atoms with van der Waals surface area (Å²) in [4.78, 5) is 23.4. The lowest BCUT2D eigenvalue weighted by Gasteiger charge is -2.19. The van der Waals surface area contributed by atoms with Crippen LogP contribution in [-0.2, 0) is 14.3 Å². The molecule has 1 aromatic carbocycles. The second-order valence-corrected chi connectivity index (χ2v) is 4.73. The highest BCUT2D eigenvalue weighted by atomic mass is 16.7. The Balaban J connectivity index is 2.77. The smallest absolute Gasteiger partial charge is 0.324 e. The molecule has 120 valence electrons. The van der Waals surface area contributed by atoms with Gasteiger partial charge in [0.1, 0.15) is 5.75 Å². The van der Waals surface area contributed by atoms with Crippen LogP contribution in [0.3, 0.4) is 0 Å². The number of nitrogens with one attached hydrogen (secondary N) is 1.